The summed E-state index contributed by atoms with van der Waals surface area (Å²) in [7, 11) is -7.91. The van der Waals surface area contributed by atoms with E-state index >= 15 is 0 Å². The summed E-state index contributed by atoms with van der Waals surface area (Å²) in [6, 6.07) is 6.88. The first-order valence-electron chi connectivity index (χ1n) is 6.41. The number of ether oxygens (including phenoxy) is 1. The second kappa shape index (κ2) is 14.4. The topological polar surface area (TPSA) is 118 Å². The van der Waals surface area contributed by atoms with E-state index in [0.29, 0.717) is 0 Å². The molecular formula is C12H16Br3NaO7S2. The third kappa shape index (κ3) is 21.6. The average Bonchev–Trinajstić information content (AvgIpc) is 2.33. The van der Waals surface area contributed by atoms with Gasteiger partial charge in [-0.2, -0.15) is 22.9 Å². The van der Waals surface area contributed by atoms with Gasteiger partial charge in [-0.3, -0.25) is 9.11 Å². The van der Waals surface area contributed by atoms with E-state index in [1.165, 1.54) is 0 Å². The minimum atomic E-state index is -3.96. The third-order valence-corrected chi connectivity index (χ3v) is 5.07. The maximum absolute atomic E-state index is 10.2. The molecule has 1 aromatic carbocycles. The fourth-order valence-electron chi connectivity index (χ4n) is 1.26. The predicted octanol–water partition coefficient (Wildman–Crippen LogP) is 0.337. The molecule has 0 aliphatic rings. The molecule has 25 heavy (non-hydrogen) atoms. The van der Waals surface area contributed by atoms with Gasteiger partial charge in [-0.1, -0.05) is 61.2 Å². The van der Waals surface area contributed by atoms with Crippen LogP contribution in [-0.4, -0.2) is 50.7 Å². The summed E-state index contributed by atoms with van der Waals surface area (Å²) in [5, 5.41) is 0. The monoisotopic (exact) mass is 596 g/mol. The Morgan fingerprint density at radius 1 is 0.880 bits per heavy atom. The summed E-state index contributed by atoms with van der Waals surface area (Å²) >= 11 is 9.93. The summed E-state index contributed by atoms with van der Waals surface area (Å²) < 4.78 is 65.4. The largest absolute Gasteiger partial charge is 1.00 e. The summed E-state index contributed by atoms with van der Waals surface area (Å²) in [6.07, 6.45) is 0.287. The third-order valence-electron chi connectivity index (χ3n) is 2.15. The molecule has 0 aliphatic carbocycles. The van der Waals surface area contributed by atoms with E-state index in [4.69, 9.17) is 13.8 Å². The van der Waals surface area contributed by atoms with Gasteiger partial charge in [0.15, 0.2) is 0 Å². The molecule has 0 aromatic heterocycles. The predicted molar refractivity (Wildman–Crippen MR) is 101 cm³/mol. The van der Waals surface area contributed by atoms with Gasteiger partial charge in [0.2, 0.25) is 0 Å². The van der Waals surface area contributed by atoms with E-state index in [0.717, 1.165) is 13.4 Å². The zero-order valence-electron chi connectivity index (χ0n) is 13.3. The Morgan fingerprint density at radius 3 is 1.52 bits per heavy atom. The smallest absolute Gasteiger partial charge is 0.381 e. The van der Waals surface area contributed by atoms with Crippen LogP contribution in [0.3, 0.4) is 0 Å². The summed E-state index contributed by atoms with van der Waals surface area (Å²) in [5.41, 5.74) is 0. The van der Waals surface area contributed by atoms with Crippen molar-refractivity contribution in [3.63, 3.8) is 0 Å². The molecule has 7 nitrogen and oxygen atoms in total. The SMILES string of the molecule is Brc1[c-]c(Br)cc(Br)c1.O=S(=O)(O)CCCOCCCS(=O)(=O)O.[Na+]. The van der Waals surface area contributed by atoms with Crippen LogP contribution in [0.2, 0.25) is 0 Å². The second-order valence-corrected chi connectivity index (χ2v) is 10.2. The molecule has 0 unspecified atom stereocenters. The Labute approximate surface area is 195 Å². The van der Waals surface area contributed by atoms with Crippen LogP contribution in [0.15, 0.2) is 25.6 Å². The van der Waals surface area contributed by atoms with Crippen molar-refractivity contribution in [2.75, 3.05) is 24.7 Å². The van der Waals surface area contributed by atoms with Gasteiger partial charge in [-0.25, -0.2) is 0 Å². The number of halogens is 3. The van der Waals surface area contributed by atoms with Gasteiger partial charge >= 0.3 is 29.6 Å². The number of benzene rings is 1. The van der Waals surface area contributed by atoms with Crippen LogP contribution in [0.25, 0.3) is 0 Å². The summed E-state index contributed by atoms with van der Waals surface area (Å²) in [5.74, 6) is -0.767. The number of rotatable bonds is 8. The van der Waals surface area contributed by atoms with Crippen LogP contribution in [0.1, 0.15) is 12.8 Å². The maximum Gasteiger partial charge on any atom is 1.00 e. The van der Waals surface area contributed by atoms with Gasteiger partial charge < -0.3 is 4.74 Å². The Balaban J connectivity index is 0. The van der Waals surface area contributed by atoms with Crippen molar-refractivity contribution in [1.82, 2.24) is 0 Å². The second-order valence-electron chi connectivity index (χ2n) is 4.39. The van der Waals surface area contributed by atoms with Crippen molar-refractivity contribution in [1.29, 1.82) is 0 Å². The molecule has 0 bridgehead atoms. The fraction of sp³-hybridized carbons (Fsp3) is 0.500. The Bertz CT molecular complexity index is 625. The molecule has 2 N–H and O–H groups in total. The molecule has 0 fully saturated rings. The van der Waals surface area contributed by atoms with Gasteiger partial charge in [0.25, 0.3) is 20.2 Å². The molecule has 0 heterocycles. The van der Waals surface area contributed by atoms with Gasteiger partial charge in [0, 0.05) is 13.2 Å². The molecular weight excluding hydrogens is 583 g/mol. The van der Waals surface area contributed by atoms with Crippen molar-refractivity contribution in [2.45, 2.75) is 12.8 Å². The molecule has 0 spiro atoms. The van der Waals surface area contributed by atoms with Crippen molar-refractivity contribution in [3.05, 3.63) is 31.6 Å². The van der Waals surface area contributed by atoms with E-state index in [1.54, 1.807) is 0 Å². The van der Waals surface area contributed by atoms with Crippen LogP contribution in [0, 0.1) is 6.07 Å². The molecule has 1 aromatic rings. The zero-order valence-corrected chi connectivity index (χ0v) is 21.7. The van der Waals surface area contributed by atoms with E-state index in [-0.39, 0.29) is 67.1 Å². The van der Waals surface area contributed by atoms with Crippen molar-refractivity contribution in [3.8, 4) is 0 Å². The van der Waals surface area contributed by atoms with E-state index < -0.39 is 20.2 Å². The molecule has 13 heteroatoms. The fourth-order valence-corrected chi connectivity index (χ4v) is 4.48. The molecule has 140 valence electrons. The summed E-state index contributed by atoms with van der Waals surface area (Å²) in [4.78, 5) is 0. The Hall–Kier alpha value is 1.44. The van der Waals surface area contributed by atoms with Crippen LogP contribution in [-0.2, 0) is 25.0 Å². The van der Waals surface area contributed by atoms with Crippen molar-refractivity contribution in [2.24, 2.45) is 0 Å². The first kappa shape index (κ1) is 28.6. The normalized spacial score (nSPS) is 11.2. The van der Waals surface area contributed by atoms with Crippen LogP contribution >= 0.6 is 47.8 Å². The maximum atomic E-state index is 10.2. The first-order valence-corrected chi connectivity index (χ1v) is 12.0. The molecule has 0 aliphatic heterocycles. The average molecular weight is 599 g/mol. The van der Waals surface area contributed by atoms with Crippen molar-refractivity contribution >= 4 is 68.0 Å². The quantitative estimate of drug-likeness (QED) is 0.192. The van der Waals surface area contributed by atoms with Gasteiger partial charge in [-0.05, 0) is 12.8 Å². The Morgan fingerprint density at radius 2 is 1.24 bits per heavy atom. The van der Waals surface area contributed by atoms with E-state index in [1.807, 2.05) is 12.1 Å². The van der Waals surface area contributed by atoms with Gasteiger partial charge in [0.1, 0.15) is 0 Å². The van der Waals surface area contributed by atoms with Crippen LogP contribution in [0.5, 0.6) is 0 Å². The van der Waals surface area contributed by atoms with Gasteiger partial charge in [-0.15, -0.1) is 12.1 Å². The van der Waals surface area contributed by atoms with Crippen LogP contribution in [0.4, 0.5) is 0 Å². The van der Waals surface area contributed by atoms with Gasteiger partial charge in [0.05, 0.1) is 11.5 Å². The number of hydrogen-bond acceptors (Lipinski definition) is 5. The van der Waals surface area contributed by atoms with E-state index in [2.05, 4.69) is 53.9 Å². The molecule has 0 radical (unpaired) electrons. The first-order chi connectivity index (χ1) is 10.9. The minimum absolute atomic E-state index is 0. The Kier molecular flexibility index (Phi) is 16.5. The van der Waals surface area contributed by atoms with Crippen molar-refractivity contribution < 1.29 is 60.2 Å². The molecule has 0 amide bonds. The standard InChI is InChI=1S/C6H2Br3.C6H14O7S2.Na/c7-4-1-5(8)3-6(9)2-4;7-14(8,9)5-1-3-13-4-2-6-15(10,11)12;/h1-2H;1-6H2,(H,7,8,9)(H,10,11,12);/q-1;;+1. The van der Waals surface area contributed by atoms with Crippen LogP contribution < -0.4 is 29.6 Å². The number of hydrogen-bond donors (Lipinski definition) is 2. The molecule has 0 atom stereocenters. The molecule has 0 saturated carbocycles. The summed E-state index contributed by atoms with van der Waals surface area (Å²) in [6.45, 7) is 0.233. The molecule has 0 saturated heterocycles. The zero-order chi connectivity index (χ0) is 18.8. The minimum Gasteiger partial charge on any atom is -0.381 e. The molecule has 1 rings (SSSR count). The van der Waals surface area contributed by atoms with E-state index in [9.17, 15) is 16.8 Å².